The summed E-state index contributed by atoms with van der Waals surface area (Å²) in [7, 11) is 1.69. The van der Waals surface area contributed by atoms with Crippen molar-refractivity contribution >= 4 is 17.7 Å². The number of furan rings is 1. The van der Waals surface area contributed by atoms with Crippen molar-refractivity contribution in [1.82, 2.24) is 19.6 Å². The van der Waals surface area contributed by atoms with Gasteiger partial charge in [0.15, 0.2) is 0 Å². The number of aromatic nitrogens is 4. The van der Waals surface area contributed by atoms with Gasteiger partial charge in [0.1, 0.15) is 23.8 Å². The molecule has 122 valence electrons. The van der Waals surface area contributed by atoms with Gasteiger partial charge in [0.05, 0.1) is 17.4 Å². The van der Waals surface area contributed by atoms with Gasteiger partial charge in [0.2, 0.25) is 5.78 Å². The number of aryl methyl sites for hydroxylation is 1. The first kappa shape index (κ1) is 15.4. The zero-order valence-electron chi connectivity index (χ0n) is 12.7. The lowest BCUT2D eigenvalue weighted by Crippen LogP contribution is -2.03. The molecule has 0 saturated carbocycles. The van der Waals surface area contributed by atoms with Crippen molar-refractivity contribution in [3.63, 3.8) is 0 Å². The zero-order valence-corrected chi connectivity index (χ0v) is 12.7. The fourth-order valence-electron chi connectivity index (χ4n) is 2.12. The van der Waals surface area contributed by atoms with Crippen LogP contribution in [0.15, 0.2) is 47.2 Å². The van der Waals surface area contributed by atoms with Crippen LogP contribution in [0, 0.1) is 10.1 Å². The highest BCUT2D eigenvalue weighted by molar-refractivity contribution is 6.05. The third-order valence-electron chi connectivity index (χ3n) is 3.29. The topological polar surface area (TPSA) is 109 Å². The molecular formula is C15H13N5O4. The van der Waals surface area contributed by atoms with Crippen molar-refractivity contribution in [3.05, 3.63) is 70.1 Å². The van der Waals surface area contributed by atoms with E-state index in [1.165, 1.54) is 27.7 Å². The van der Waals surface area contributed by atoms with Crippen LogP contribution in [0.4, 0.5) is 5.82 Å². The highest BCUT2D eigenvalue weighted by Crippen LogP contribution is 2.13. The normalized spacial score (nSPS) is 11.2. The van der Waals surface area contributed by atoms with Gasteiger partial charge in [-0.1, -0.05) is 0 Å². The average molecular weight is 327 g/mol. The number of hydrogen-bond acceptors (Lipinski definition) is 6. The summed E-state index contributed by atoms with van der Waals surface area (Å²) in [5, 5.41) is 18.3. The highest BCUT2D eigenvalue weighted by atomic mass is 16.6. The summed E-state index contributed by atoms with van der Waals surface area (Å²) in [5.74, 6) is 0.668. The predicted molar refractivity (Wildman–Crippen MR) is 83.3 cm³/mol. The van der Waals surface area contributed by atoms with Gasteiger partial charge >= 0.3 is 5.82 Å². The standard InChI is InChI=1S/C15H13N5O4/c1-18-13(6-8-16-18)14(21)5-4-11-2-3-12(24-11)10-19-9-7-15(17-19)20(22)23/h2-9H,10H2,1H3/b5-4+. The van der Waals surface area contributed by atoms with Crippen LogP contribution in [-0.2, 0) is 13.6 Å². The fourth-order valence-corrected chi connectivity index (χ4v) is 2.12. The second-order valence-corrected chi connectivity index (χ2v) is 4.97. The average Bonchev–Trinajstić information content (AvgIpc) is 3.26. The number of ketones is 1. The first-order chi connectivity index (χ1) is 11.5. The quantitative estimate of drug-likeness (QED) is 0.297. The molecule has 0 aliphatic carbocycles. The van der Waals surface area contributed by atoms with Crippen LogP contribution in [0.2, 0.25) is 0 Å². The van der Waals surface area contributed by atoms with Crippen LogP contribution >= 0.6 is 0 Å². The number of allylic oxidation sites excluding steroid dienone is 1. The highest BCUT2D eigenvalue weighted by Gasteiger charge is 2.12. The maximum absolute atomic E-state index is 12.0. The predicted octanol–water partition coefficient (Wildman–Crippen LogP) is 2.06. The molecule has 0 aliphatic rings. The molecule has 3 heterocycles. The number of nitro groups is 1. The molecule has 3 rings (SSSR count). The summed E-state index contributed by atoms with van der Waals surface area (Å²) < 4.78 is 8.46. The molecular weight excluding hydrogens is 314 g/mol. The molecule has 0 radical (unpaired) electrons. The maximum atomic E-state index is 12.0. The van der Waals surface area contributed by atoms with E-state index in [2.05, 4.69) is 10.2 Å². The van der Waals surface area contributed by atoms with Crippen LogP contribution in [0.3, 0.4) is 0 Å². The van der Waals surface area contributed by atoms with Gasteiger partial charge in [-0.05, 0) is 35.3 Å². The molecule has 0 fully saturated rings. The second-order valence-electron chi connectivity index (χ2n) is 4.97. The van der Waals surface area contributed by atoms with Gasteiger partial charge in [-0.15, -0.1) is 0 Å². The minimum absolute atomic E-state index is 0.185. The van der Waals surface area contributed by atoms with E-state index >= 15 is 0 Å². The molecule has 3 aromatic heterocycles. The molecule has 0 spiro atoms. The Bertz CT molecular complexity index is 918. The molecule has 0 unspecified atom stereocenters. The smallest absolute Gasteiger partial charge is 0.389 e. The van der Waals surface area contributed by atoms with E-state index in [0.717, 1.165) is 0 Å². The minimum Gasteiger partial charge on any atom is -0.460 e. The van der Waals surface area contributed by atoms with Crippen LogP contribution in [0.1, 0.15) is 22.0 Å². The van der Waals surface area contributed by atoms with E-state index in [-0.39, 0.29) is 18.1 Å². The Morgan fingerprint density at radius 3 is 2.88 bits per heavy atom. The Hall–Kier alpha value is -3.49. The van der Waals surface area contributed by atoms with Gasteiger partial charge < -0.3 is 14.5 Å². The SMILES string of the molecule is Cn1nccc1C(=O)/C=C/c1ccc(Cn2ccc([N+](=O)[O-])n2)o1. The second kappa shape index (κ2) is 6.32. The summed E-state index contributed by atoms with van der Waals surface area (Å²) in [6.07, 6.45) is 6.01. The third kappa shape index (κ3) is 3.29. The van der Waals surface area contributed by atoms with Crippen molar-refractivity contribution in [3.8, 4) is 0 Å². The number of nitrogens with zero attached hydrogens (tertiary/aromatic N) is 5. The molecule has 0 saturated heterocycles. The van der Waals surface area contributed by atoms with Gasteiger partial charge in [0.25, 0.3) is 0 Å². The molecule has 24 heavy (non-hydrogen) atoms. The summed E-state index contributed by atoms with van der Waals surface area (Å²) in [4.78, 5) is 22.0. The number of hydrogen-bond donors (Lipinski definition) is 0. The Morgan fingerprint density at radius 2 is 2.21 bits per heavy atom. The van der Waals surface area contributed by atoms with Gasteiger partial charge in [-0.3, -0.25) is 9.48 Å². The molecule has 0 N–H and O–H groups in total. The molecule has 0 aromatic carbocycles. The van der Waals surface area contributed by atoms with Crippen molar-refractivity contribution in [1.29, 1.82) is 0 Å². The Labute approximate surface area is 136 Å². The lowest BCUT2D eigenvalue weighted by atomic mass is 10.2. The first-order valence-corrected chi connectivity index (χ1v) is 7.00. The maximum Gasteiger partial charge on any atom is 0.389 e. The van der Waals surface area contributed by atoms with Crippen molar-refractivity contribution < 1.29 is 14.1 Å². The van der Waals surface area contributed by atoms with Crippen LogP contribution < -0.4 is 0 Å². The summed E-state index contributed by atoms with van der Waals surface area (Å²) in [5.41, 5.74) is 0.474. The number of carbonyl (C=O) groups excluding carboxylic acids is 1. The van der Waals surface area contributed by atoms with E-state index in [9.17, 15) is 14.9 Å². The number of rotatable bonds is 6. The lowest BCUT2D eigenvalue weighted by molar-refractivity contribution is -0.389. The molecule has 3 aromatic rings. The number of carbonyl (C=O) groups is 1. The van der Waals surface area contributed by atoms with Crippen LogP contribution in [-0.4, -0.2) is 30.3 Å². The monoisotopic (exact) mass is 327 g/mol. The molecule has 9 nitrogen and oxygen atoms in total. The Balaban J connectivity index is 1.67. The third-order valence-corrected chi connectivity index (χ3v) is 3.29. The fraction of sp³-hybridized carbons (Fsp3) is 0.133. The summed E-state index contributed by atoms with van der Waals surface area (Å²) >= 11 is 0. The summed E-state index contributed by atoms with van der Waals surface area (Å²) in [6.45, 7) is 0.261. The van der Waals surface area contributed by atoms with E-state index in [1.54, 1.807) is 37.5 Å². The van der Waals surface area contributed by atoms with Crippen molar-refractivity contribution in [2.24, 2.45) is 7.05 Å². The van der Waals surface area contributed by atoms with Crippen molar-refractivity contribution in [2.75, 3.05) is 0 Å². The Kier molecular flexibility index (Phi) is 4.06. The van der Waals surface area contributed by atoms with Gasteiger partial charge in [-0.2, -0.15) is 9.78 Å². The van der Waals surface area contributed by atoms with Crippen LogP contribution in [0.5, 0.6) is 0 Å². The molecule has 0 amide bonds. The van der Waals surface area contributed by atoms with E-state index in [1.807, 2.05) is 0 Å². The summed E-state index contributed by atoms with van der Waals surface area (Å²) in [6, 6.07) is 6.38. The first-order valence-electron chi connectivity index (χ1n) is 7.00. The lowest BCUT2D eigenvalue weighted by Gasteiger charge is -1.95. The molecule has 9 heteroatoms. The van der Waals surface area contributed by atoms with E-state index in [0.29, 0.717) is 17.2 Å². The largest absolute Gasteiger partial charge is 0.460 e. The molecule has 0 bridgehead atoms. The van der Waals surface area contributed by atoms with E-state index < -0.39 is 4.92 Å². The van der Waals surface area contributed by atoms with Crippen LogP contribution in [0.25, 0.3) is 6.08 Å². The minimum atomic E-state index is -0.559. The molecule has 0 atom stereocenters. The van der Waals surface area contributed by atoms with Gasteiger partial charge in [-0.25, -0.2) is 0 Å². The molecule has 0 aliphatic heterocycles. The van der Waals surface area contributed by atoms with Gasteiger partial charge in [0, 0.05) is 13.2 Å². The Morgan fingerprint density at radius 1 is 1.38 bits per heavy atom. The van der Waals surface area contributed by atoms with E-state index in [4.69, 9.17) is 4.42 Å². The van der Waals surface area contributed by atoms with Crippen molar-refractivity contribution in [2.45, 2.75) is 6.54 Å². The zero-order chi connectivity index (χ0) is 17.1.